The predicted octanol–water partition coefficient (Wildman–Crippen LogP) is 1.20. The maximum absolute atomic E-state index is 11.7. The van der Waals surface area contributed by atoms with Gasteiger partial charge in [0, 0.05) is 11.4 Å². The van der Waals surface area contributed by atoms with Crippen molar-refractivity contribution in [2.75, 3.05) is 20.6 Å². The molecule has 0 aromatic carbocycles. The van der Waals surface area contributed by atoms with E-state index >= 15 is 0 Å². The summed E-state index contributed by atoms with van der Waals surface area (Å²) in [5, 5.41) is 4.94. The molecule has 0 aliphatic rings. The monoisotopic (exact) mass is 255 g/mol. The zero-order valence-electron chi connectivity index (χ0n) is 10.9. The molecule has 0 radical (unpaired) electrons. The molecule has 4 nitrogen and oxygen atoms in total. The Kier molecular flexibility index (Phi) is 4.68. The minimum atomic E-state index is -0.827. The molecule has 1 aromatic heterocycles. The van der Waals surface area contributed by atoms with Gasteiger partial charge in [-0.05, 0) is 39.4 Å². The molecule has 1 aromatic rings. The molecule has 0 saturated heterocycles. The SMILES string of the molecule is CN(C)C(CNC(=O)C(C)(C)N)c1cccs1. The third-order valence-electron chi connectivity index (χ3n) is 2.54. The van der Waals surface area contributed by atoms with Gasteiger partial charge in [0.15, 0.2) is 0 Å². The highest BCUT2D eigenvalue weighted by Crippen LogP contribution is 2.22. The lowest BCUT2D eigenvalue weighted by Gasteiger charge is -2.25. The average molecular weight is 255 g/mol. The highest BCUT2D eigenvalue weighted by atomic mass is 32.1. The first-order valence-electron chi connectivity index (χ1n) is 5.59. The van der Waals surface area contributed by atoms with E-state index in [-0.39, 0.29) is 11.9 Å². The second kappa shape index (κ2) is 5.62. The van der Waals surface area contributed by atoms with Gasteiger partial charge in [0.2, 0.25) is 5.91 Å². The summed E-state index contributed by atoms with van der Waals surface area (Å²) in [6, 6.07) is 4.29. The molecule has 1 heterocycles. The molecule has 1 rings (SSSR count). The number of likely N-dealkylation sites (N-methyl/N-ethyl adjacent to an activating group) is 1. The van der Waals surface area contributed by atoms with E-state index in [0.29, 0.717) is 6.54 Å². The zero-order valence-corrected chi connectivity index (χ0v) is 11.7. The summed E-state index contributed by atoms with van der Waals surface area (Å²) < 4.78 is 0. The summed E-state index contributed by atoms with van der Waals surface area (Å²) in [7, 11) is 4.01. The first-order chi connectivity index (χ1) is 7.82. The number of carbonyl (C=O) groups is 1. The van der Waals surface area contributed by atoms with E-state index in [9.17, 15) is 4.79 Å². The van der Waals surface area contributed by atoms with Crippen LogP contribution in [0.5, 0.6) is 0 Å². The van der Waals surface area contributed by atoms with Crippen LogP contribution in [-0.4, -0.2) is 37.0 Å². The molecule has 96 valence electrons. The van der Waals surface area contributed by atoms with E-state index in [0.717, 1.165) is 0 Å². The van der Waals surface area contributed by atoms with Gasteiger partial charge in [0.1, 0.15) is 0 Å². The van der Waals surface area contributed by atoms with Crippen LogP contribution < -0.4 is 11.1 Å². The maximum atomic E-state index is 11.7. The standard InChI is InChI=1S/C12H21N3OS/c1-12(2,13)11(16)14-8-9(15(3)4)10-6-5-7-17-10/h5-7,9H,8,13H2,1-4H3,(H,14,16). The fourth-order valence-corrected chi connectivity index (χ4v) is 2.36. The topological polar surface area (TPSA) is 58.4 Å². The van der Waals surface area contributed by atoms with E-state index in [1.54, 1.807) is 25.2 Å². The number of nitrogens with zero attached hydrogens (tertiary/aromatic N) is 1. The van der Waals surface area contributed by atoms with Crippen molar-refractivity contribution >= 4 is 17.2 Å². The van der Waals surface area contributed by atoms with Crippen molar-refractivity contribution in [2.24, 2.45) is 5.73 Å². The Bertz CT molecular complexity index is 354. The van der Waals surface area contributed by atoms with Gasteiger partial charge < -0.3 is 16.0 Å². The number of nitrogens with two attached hydrogens (primary N) is 1. The second-order valence-corrected chi connectivity index (χ2v) is 5.91. The van der Waals surface area contributed by atoms with Crippen molar-refractivity contribution in [2.45, 2.75) is 25.4 Å². The van der Waals surface area contributed by atoms with Crippen molar-refractivity contribution in [1.82, 2.24) is 10.2 Å². The smallest absolute Gasteiger partial charge is 0.239 e. The van der Waals surface area contributed by atoms with Crippen LogP contribution in [-0.2, 0) is 4.79 Å². The Labute approximate surface area is 107 Å². The molecule has 17 heavy (non-hydrogen) atoms. The number of nitrogens with one attached hydrogen (secondary N) is 1. The number of rotatable bonds is 5. The lowest BCUT2D eigenvalue weighted by atomic mass is 10.1. The fourth-order valence-electron chi connectivity index (χ4n) is 1.44. The number of amides is 1. The molecular weight excluding hydrogens is 234 g/mol. The van der Waals surface area contributed by atoms with Crippen LogP contribution in [0.15, 0.2) is 17.5 Å². The van der Waals surface area contributed by atoms with Crippen LogP contribution in [0.25, 0.3) is 0 Å². The number of carbonyl (C=O) groups excluding carboxylic acids is 1. The summed E-state index contributed by atoms with van der Waals surface area (Å²) >= 11 is 1.69. The molecule has 0 aliphatic carbocycles. The van der Waals surface area contributed by atoms with Gasteiger partial charge >= 0.3 is 0 Å². The van der Waals surface area contributed by atoms with Crippen molar-refractivity contribution in [3.8, 4) is 0 Å². The minimum Gasteiger partial charge on any atom is -0.353 e. The van der Waals surface area contributed by atoms with Crippen LogP contribution in [0.4, 0.5) is 0 Å². The summed E-state index contributed by atoms with van der Waals surface area (Å²) in [5.74, 6) is -0.124. The number of hydrogen-bond donors (Lipinski definition) is 2. The molecule has 0 fully saturated rings. The van der Waals surface area contributed by atoms with E-state index in [1.807, 2.05) is 25.5 Å². The minimum absolute atomic E-state index is 0.124. The summed E-state index contributed by atoms with van der Waals surface area (Å²) in [4.78, 5) is 15.0. The lowest BCUT2D eigenvalue weighted by molar-refractivity contribution is -0.125. The molecule has 0 spiro atoms. The van der Waals surface area contributed by atoms with Crippen molar-refractivity contribution in [3.05, 3.63) is 22.4 Å². The molecular formula is C12H21N3OS. The molecule has 0 aliphatic heterocycles. The van der Waals surface area contributed by atoms with Crippen LogP contribution in [0.2, 0.25) is 0 Å². The third-order valence-corrected chi connectivity index (χ3v) is 3.51. The summed E-state index contributed by atoms with van der Waals surface area (Å²) in [5.41, 5.74) is 4.91. The normalized spacial score (nSPS) is 13.8. The van der Waals surface area contributed by atoms with Gasteiger partial charge in [-0.25, -0.2) is 0 Å². The van der Waals surface area contributed by atoms with Gasteiger partial charge in [0.25, 0.3) is 0 Å². The predicted molar refractivity (Wildman–Crippen MR) is 72.0 cm³/mol. The van der Waals surface area contributed by atoms with Crippen molar-refractivity contribution in [3.63, 3.8) is 0 Å². The molecule has 1 amide bonds. The Hall–Kier alpha value is -0.910. The van der Waals surface area contributed by atoms with Gasteiger partial charge in [0.05, 0.1) is 11.6 Å². The highest BCUT2D eigenvalue weighted by Gasteiger charge is 2.23. The second-order valence-electron chi connectivity index (χ2n) is 4.93. The average Bonchev–Trinajstić information content (AvgIpc) is 2.69. The largest absolute Gasteiger partial charge is 0.353 e. The Morgan fingerprint density at radius 2 is 2.24 bits per heavy atom. The Morgan fingerprint density at radius 3 is 2.65 bits per heavy atom. The van der Waals surface area contributed by atoms with E-state index in [1.165, 1.54) is 4.88 Å². The van der Waals surface area contributed by atoms with Crippen LogP contribution in [0.3, 0.4) is 0 Å². The van der Waals surface area contributed by atoms with Gasteiger partial charge in [-0.15, -0.1) is 11.3 Å². The molecule has 1 unspecified atom stereocenters. The third kappa shape index (κ3) is 4.11. The van der Waals surface area contributed by atoms with Crippen molar-refractivity contribution in [1.29, 1.82) is 0 Å². The van der Waals surface area contributed by atoms with Crippen LogP contribution in [0.1, 0.15) is 24.8 Å². The molecule has 0 bridgehead atoms. The fraction of sp³-hybridized carbons (Fsp3) is 0.583. The Balaban J connectivity index is 2.61. The summed E-state index contributed by atoms with van der Waals surface area (Å²) in [6.07, 6.45) is 0. The van der Waals surface area contributed by atoms with Crippen LogP contribution >= 0.6 is 11.3 Å². The molecule has 3 N–H and O–H groups in total. The van der Waals surface area contributed by atoms with Gasteiger partial charge in [-0.3, -0.25) is 4.79 Å². The molecule has 1 atom stereocenters. The quantitative estimate of drug-likeness (QED) is 0.831. The zero-order chi connectivity index (χ0) is 13.1. The first-order valence-corrected chi connectivity index (χ1v) is 6.47. The van der Waals surface area contributed by atoms with Crippen LogP contribution in [0, 0.1) is 0 Å². The number of thiophene rings is 1. The molecule has 5 heteroatoms. The van der Waals surface area contributed by atoms with Gasteiger partial charge in [-0.1, -0.05) is 6.07 Å². The lowest BCUT2D eigenvalue weighted by Crippen LogP contribution is -2.50. The maximum Gasteiger partial charge on any atom is 0.239 e. The first kappa shape index (κ1) is 14.2. The van der Waals surface area contributed by atoms with E-state index in [2.05, 4.69) is 16.3 Å². The van der Waals surface area contributed by atoms with Crippen molar-refractivity contribution < 1.29 is 4.79 Å². The molecule has 0 saturated carbocycles. The Morgan fingerprint density at radius 1 is 1.59 bits per heavy atom. The summed E-state index contributed by atoms with van der Waals surface area (Å²) in [6.45, 7) is 3.99. The van der Waals surface area contributed by atoms with E-state index < -0.39 is 5.54 Å². The number of hydrogen-bond acceptors (Lipinski definition) is 4. The highest BCUT2D eigenvalue weighted by molar-refractivity contribution is 7.10. The van der Waals surface area contributed by atoms with E-state index in [4.69, 9.17) is 5.73 Å². The van der Waals surface area contributed by atoms with Gasteiger partial charge in [-0.2, -0.15) is 0 Å².